The first-order valence-corrected chi connectivity index (χ1v) is 5.91. The number of ether oxygens (including phenoxy) is 2. The second-order valence-electron chi connectivity index (χ2n) is 3.79. The predicted octanol–water partition coefficient (Wildman–Crippen LogP) is 2.04. The van der Waals surface area contributed by atoms with Crippen LogP contribution < -0.4 is 0 Å². The van der Waals surface area contributed by atoms with Gasteiger partial charge in [-0.1, -0.05) is 19.1 Å². The molecule has 0 radical (unpaired) electrons. The lowest BCUT2D eigenvalue weighted by molar-refractivity contribution is 0.0555. The fourth-order valence-electron chi connectivity index (χ4n) is 1.06. The Labute approximate surface area is 113 Å². The summed E-state index contributed by atoms with van der Waals surface area (Å²) in [6.07, 6.45) is 0.745. The third-order valence-corrected chi connectivity index (χ3v) is 2.33. The molecule has 0 aromatic heterocycles. The summed E-state index contributed by atoms with van der Waals surface area (Å²) in [5.74, 6) is -1.10. The Kier molecular flexibility index (Phi) is 8.20. The summed E-state index contributed by atoms with van der Waals surface area (Å²) in [5.41, 5.74) is 0.420. The lowest BCUT2D eigenvalue weighted by atomic mass is 10.1. The van der Waals surface area contributed by atoms with Gasteiger partial charge in [0.15, 0.2) is 0 Å². The molecule has 5 nitrogen and oxygen atoms in total. The van der Waals surface area contributed by atoms with Gasteiger partial charge in [0, 0.05) is 0 Å². The molecule has 1 aromatic rings. The smallest absolute Gasteiger partial charge is 0.338 e. The van der Waals surface area contributed by atoms with Crippen molar-refractivity contribution in [2.45, 2.75) is 26.4 Å². The second-order valence-corrected chi connectivity index (χ2v) is 3.79. The molecule has 0 bridgehead atoms. The Morgan fingerprint density at radius 3 is 1.63 bits per heavy atom. The molecule has 0 aliphatic heterocycles. The van der Waals surface area contributed by atoms with Crippen LogP contribution in [0.4, 0.5) is 0 Å². The third-order valence-electron chi connectivity index (χ3n) is 2.33. The summed E-state index contributed by atoms with van der Waals surface area (Å²) >= 11 is 0. The van der Waals surface area contributed by atoms with Crippen LogP contribution in [-0.2, 0) is 9.47 Å². The summed E-state index contributed by atoms with van der Waals surface area (Å²) in [5, 5.41) is 8.36. The summed E-state index contributed by atoms with van der Waals surface area (Å²) < 4.78 is 9.05. The number of carbonyl (C=O) groups excluding carboxylic acids is 2. The Morgan fingerprint density at radius 1 is 1.11 bits per heavy atom. The van der Waals surface area contributed by atoms with E-state index in [1.165, 1.54) is 26.4 Å². The van der Waals surface area contributed by atoms with Gasteiger partial charge >= 0.3 is 11.9 Å². The number of aliphatic hydroxyl groups is 1. The van der Waals surface area contributed by atoms with Crippen LogP contribution in [0, 0.1) is 0 Å². The number of methoxy groups -OCH3 is 2. The van der Waals surface area contributed by atoms with Crippen molar-refractivity contribution >= 4 is 11.9 Å². The molecule has 106 valence electrons. The first-order chi connectivity index (χ1) is 8.97. The number of esters is 2. The monoisotopic (exact) mass is 268 g/mol. The van der Waals surface area contributed by atoms with Gasteiger partial charge in [0.05, 0.1) is 31.5 Å². The SMILES string of the molecule is CCC(C)O.COC(=O)c1ccccc1C(=O)OC. The molecule has 0 fully saturated rings. The highest BCUT2D eigenvalue weighted by molar-refractivity contribution is 6.02. The van der Waals surface area contributed by atoms with Gasteiger partial charge in [-0.15, -0.1) is 0 Å². The number of rotatable bonds is 3. The molecule has 0 saturated heterocycles. The molecule has 0 spiro atoms. The minimum atomic E-state index is -0.550. The fraction of sp³-hybridized carbons (Fsp3) is 0.429. The molecule has 5 heteroatoms. The van der Waals surface area contributed by atoms with E-state index in [1.54, 1.807) is 19.1 Å². The molecule has 1 aromatic carbocycles. The van der Waals surface area contributed by atoms with Crippen molar-refractivity contribution < 1.29 is 24.2 Å². The molecular weight excluding hydrogens is 248 g/mol. The van der Waals surface area contributed by atoms with Crippen molar-refractivity contribution in [1.82, 2.24) is 0 Å². The van der Waals surface area contributed by atoms with Crippen molar-refractivity contribution in [1.29, 1.82) is 0 Å². The topological polar surface area (TPSA) is 72.8 Å². The van der Waals surface area contributed by atoms with Crippen LogP contribution in [0.5, 0.6) is 0 Å². The Morgan fingerprint density at radius 2 is 1.42 bits per heavy atom. The van der Waals surface area contributed by atoms with Crippen LogP contribution in [0.25, 0.3) is 0 Å². The lowest BCUT2D eigenvalue weighted by Crippen LogP contribution is -2.11. The van der Waals surface area contributed by atoms with Gasteiger partial charge in [0.2, 0.25) is 0 Å². The molecule has 0 amide bonds. The van der Waals surface area contributed by atoms with Gasteiger partial charge < -0.3 is 14.6 Å². The number of carbonyl (C=O) groups is 2. The quantitative estimate of drug-likeness (QED) is 0.849. The van der Waals surface area contributed by atoms with Crippen LogP contribution in [0.1, 0.15) is 41.0 Å². The summed E-state index contributed by atoms with van der Waals surface area (Å²) in [4.78, 5) is 22.4. The van der Waals surface area contributed by atoms with Crippen LogP contribution in [-0.4, -0.2) is 37.4 Å². The van der Waals surface area contributed by atoms with E-state index in [2.05, 4.69) is 9.47 Å². The maximum atomic E-state index is 11.2. The van der Waals surface area contributed by atoms with E-state index in [0.717, 1.165) is 6.42 Å². The van der Waals surface area contributed by atoms with Gasteiger partial charge in [0.25, 0.3) is 0 Å². The molecule has 1 atom stereocenters. The second kappa shape index (κ2) is 9.10. The molecule has 19 heavy (non-hydrogen) atoms. The van der Waals surface area contributed by atoms with E-state index < -0.39 is 11.9 Å². The fourth-order valence-corrected chi connectivity index (χ4v) is 1.06. The number of hydrogen-bond acceptors (Lipinski definition) is 5. The highest BCUT2D eigenvalue weighted by atomic mass is 16.5. The van der Waals surface area contributed by atoms with Gasteiger partial charge in [0.1, 0.15) is 0 Å². The third kappa shape index (κ3) is 6.01. The zero-order valence-corrected chi connectivity index (χ0v) is 11.7. The van der Waals surface area contributed by atoms with E-state index in [0.29, 0.717) is 0 Å². The first-order valence-electron chi connectivity index (χ1n) is 5.91. The Hall–Kier alpha value is -1.88. The first kappa shape index (κ1) is 17.1. The van der Waals surface area contributed by atoms with Gasteiger partial charge in [-0.2, -0.15) is 0 Å². The van der Waals surface area contributed by atoms with E-state index in [1.807, 2.05) is 6.92 Å². The Balaban J connectivity index is 0.000000555. The number of aliphatic hydroxyl groups excluding tert-OH is 1. The molecule has 0 heterocycles. The van der Waals surface area contributed by atoms with E-state index in [-0.39, 0.29) is 17.2 Å². The zero-order valence-electron chi connectivity index (χ0n) is 11.7. The van der Waals surface area contributed by atoms with Crippen LogP contribution >= 0.6 is 0 Å². The lowest BCUT2D eigenvalue weighted by Gasteiger charge is -2.04. The van der Waals surface area contributed by atoms with Crippen molar-refractivity contribution in [3.8, 4) is 0 Å². The Bertz CT molecular complexity index is 377. The van der Waals surface area contributed by atoms with Crippen molar-refractivity contribution in [3.05, 3.63) is 35.4 Å². The van der Waals surface area contributed by atoms with Crippen LogP contribution in [0.3, 0.4) is 0 Å². The van der Waals surface area contributed by atoms with Crippen molar-refractivity contribution in [3.63, 3.8) is 0 Å². The van der Waals surface area contributed by atoms with Crippen molar-refractivity contribution in [2.75, 3.05) is 14.2 Å². The van der Waals surface area contributed by atoms with E-state index in [9.17, 15) is 9.59 Å². The molecule has 1 unspecified atom stereocenters. The minimum Gasteiger partial charge on any atom is -0.465 e. The average Bonchev–Trinajstić information content (AvgIpc) is 2.46. The molecular formula is C14H20O5. The maximum Gasteiger partial charge on any atom is 0.338 e. The highest BCUT2D eigenvalue weighted by Crippen LogP contribution is 2.10. The zero-order chi connectivity index (χ0) is 14.8. The summed E-state index contributed by atoms with van der Waals surface area (Å²) in [6, 6.07) is 6.33. The molecule has 1 rings (SSSR count). The van der Waals surface area contributed by atoms with E-state index >= 15 is 0 Å². The largest absolute Gasteiger partial charge is 0.465 e. The number of hydrogen-bond donors (Lipinski definition) is 1. The summed E-state index contributed by atoms with van der Waals surface area (Å²) in [6.45, 7) is 3.73. The molecule has 0 aliphatic rings. The van der Waals surface area contributed by atoms with Crippen molar-refractivity contribution in [2.24, 2.45) is 0 Å². The van der Waals surface area contributed by atoms with Crippen LogP contribution in [0.15, 0.2) is 24.3 Å². The average molecular weight is 268 g/mol. The minimum absolute atomic E-state index is 0.116. The van der Waals surface area contributed by atoms with Crippen LogP contribution in [0.2, 0.25) is 0 Å². The highest BCUT2D eigenvalue weighted by Gasteiger charge is 2.16. The molecule has 1 N–H and O–H groups in total. The van der Waals surface area contributed by atoms with Gasteiger partial charge in [-0.25, -0.2) is 9.59 Å². The van der Waals surface area contributed by atoms with Gasteiger partial charge in [-0.05, 0) is 25.5 Å². The standard InChI is InChI=1S/C10H10O4.C4H10O/c1-13-9(11)7-5-3-4-6-8(7)10(12)14-2;1-3-4(2)5/h3-6H,1-2H3;4-5H,3H2,1-2H3. The molecule has 0 saturated carbocycles. The number of benzene rings is 1. The molecule has 0 aliphatic carbocycles. The maximum absolute atomic E-state index is 11.2. The normalized spacial score (nSPS) is 10.8. The summed E-state index contributed by atoms with van der Waals surface area (Å²) in [7, 11) is 2.52. The van der Waals surface area contributed by atoms with Gasteiger partial charge in [-0.3, -0.25) is 0 Å². The van der Waals surface area contributed by atoms with E-state index in [4.69, 9.17) is 5.11 Å². The predicted molar refractivity (Wildman–Crippen MR) is 71.1 cm³/mol.